The Balaban J connectivity index is 1.93. The Hall–Kier alpha value is -1.03. The molecule has 1 heterocycles. The standard InChI is InChI=1S/C8H11NO3/c10-4-6-5-11-8(9-6)12-7-2-1-3-7/h5,7,10H,1-4H2. The summed E-state index contributed by atoms with van der Waals surface area (Å²) in [6, 6.07) is 0. The predicted octanol–water partition coefficient (Wildman–Crippen LogP) is 1.10. The summed E-state index contributed by atoms with van der Waals surface area (Å²) in [6.07, 6.45) is 5.35. The van der Waals surface area contributed by atoms with Crippen LogP contribution in [0.1, 0.15) is 25.0 Å². The third kappa shape index (κ3) is 1.43. The lowest BCUT2D eigenvalue weighted by molar-refractivity contribution is 0.0833. The zero-order valence-electron chi connectivity index (χ0n) is 6.69. The first-order chi connectivity index (χ1) is 5.88. The summed E-state index contributed by atoms with van der Waals surface area (Å²) in [5.74, 6) is 0. The van der Waals surface area contributed by atoms with Crippen LogP contribution in [0.4, 0.5) is 0 Å². The minimum absolute atomic E-state index is 0.0997. The molecule has 12 heavy (non-hydrogen) atoms. The fourth-order valence-corrected chi connectivity index (χ4v) is 1.05. The summed E-state index contributed by atoms with van der Waals surface area (Å²) < 4.78 is 10.3. The van der Waals surface area contributed by atoms with Gasteiger partial charge in [-0.15, -0.1) is 0 Å². The van der Waals surface area contributed by atoms with Gasteiger partial charge >= 0.3 is 6.08 Å². The molecular weight excluding hydrogens is 158 g/mol. The topological polar surface area (TPSA) is 55.5 Å². The second-order valence-corrected chi connectivity index (χ2v) is 2.93. The predicted molar refractivity (Wildman–Crippen MR) is 40.7 cm³/mol. The van der Waals surface area contributed by atoms with Gasteiger partial charge in [-0.25, -0.2) is 0 Å². The van der Waals surface area contributed by atoms with E-state index in [1.165, 1.54) is 12.7 Å². The van der Waals surface area contributed by atoms with Crippen molar-refractivity contribution in [2.45, 2.75) is 32.0 Å². The van der Waals surface area contributed by atoms with Crippen molar-refractivity contribution < 1.29 is 14.3 Å². The highest BCUT2D eigenvalue weighted by atomic mass is 16.6. The molecule has 1 fully saturated rings. The summed E-state index contributed by atoms with van der Waals surface area (Å²) in [7, 11) is 0. The minimum Gasteiger partial charge on any atom is -0.447 e. The maximum Gasteiger partial charge on any atom is 0.394 e. The maximum absolute atomic E-state index is 8.68. The van der Waals surface area contributed by atoms with Gasteiger partial charge in [-0.05, 0) is 19.3 Å². The van der Waals surface area contributed by atoms with Crippen molar-refractivity contribution in [2.24, 2.45) is 0 Å². The highest BCUT2D eigenvalue weighted by Crippen LogP contribution is 2.24. The Bertz CT molecular complexity index is 255. The fourth-order valence-electron chi connectivity index (χ4n) is 1.05. The molecule has 0 saturated heterocycles. The number of aliphatic hydroxyl groups excluding tert-OH is 1. The van der Waals surface area contributed by atoms with Gasteiger partial charge in [-0.1, -0.05) is 0 Å². The molecule has 0 aromatic carbocycles. The van der Waals surface area contributed by atoms with Crippen molar-refractivity contribution in [2.75, 3.05) is 0 Å². The van der Waals surface area contributed by atoms with Gasteiger partial charge in [0.1, 0.15) is 18.1 Å². The SMILES string of the molecule is OCc1coc(OC2CCC2)n1. The van der Waals surface area contributed by atoms with Crippen molar-refractivity contribution in [1.82, 2.24) is 4.98 Å². The second kappa shape index (κ2) is 3.15. The van der Waals surface area contributed by atoms with E-state index in [1.54, 1.807) is 0 Å². The molecule has 0 unspecified atom stereocenters. The number of rotatable bonds is 3. The summed E-state index contributed by atoms with van der Waals surface area (Å²) in [5.41, 5.74) is 0.518. The molecule has 1 aliphatic carbocycles. The molecule has 1 saturated carbocycles. The van der Waals surface area contributed by atoms with Crippen molar-refractivity contribution in [1.29, 1.82) is 0 Å². The lowest BCUT2D eigenvalue weighted by Crippen LogP contribution is -2.24. The minimum atomic E-state index is -0.0997. The van der Waals surface area contributed by atoms with Gasteiger partial charge in [-0.3, -0.25) is 0 Å². The third-order valence-electron chi connectivity index (χ3n) is 2.01. The molecular formula is C8H11NO3. The van der Waals surface area contributed by atoms with Crippen LogP contribution in [0.5, 0.6) is 6.08 Å². The van der Waals surface area contributed by atoms with Crippen molar-refractivity contribution >= 4 is 0 Å². The molecule has 0 amide bonds. The average Bonchev–Trinajstić information content (AvgIpc) is 2.44. The van der Waals surface area contributed by atoms with E-state index in [9.17, 15) is 0 Å². The van der Waals surface area contributed by atoms with Gasteiger partial charge in [0.15, 0.2) is 0 Å². The molecule has 0 spiro atoms. The van der Waals surface area contributed by atoms with Crippen LogP contribution in [-0.4, -0.2) is 16.2 Å². The average molecular weight is 169 g/mol. The van der Waals surface area contributed by atoms with Crippen molar-refractivity contribution in [3.8, 4) is 6.08 Å². The van der Waals surface area contributed by atoms with Crippen molar-refractivity contribution in [3.05, 3.63) is 12.0 Å². The molecule has 0 radical (unpaired) electrons. The van der Waals surface area contributed by atoms with Crippen LogP contribution in [-0.2, 0) is 6.61 Å². The smallest absolute Gasteiger partial charge is 0.394 e. The number of hydrogen-bond acceptors (Lipinski definition) is 4. The van der Waals surface area contributed by atoms with E-state index in [0.29, 0.717) is 5.69 Å². The second-order valence-electron chi connectivity index (χ2n) is 2.93. The van der Waals surface area contributed by atoms with E-state index in [2.05, 4.69) is 4.98 Å². The quantitative estimate of drug-likeness (QED) is 0.736. The highest BCUT2D eigenvalue weighted by molar-refractivity contribution is 4.98. The van der Waals surface area contributed by atoms with Crippen LogP contribution in [0.2, 0.25) is 0 Å². The van der Waals surface area contributed by atoms with Crippen LogP contribution >= 0.6 is 0 Å². The van der Waals surface area contributed by atoms with Gasteiger partial charge in [0, 0.05) is 0 Å². The first kappa shape index (κ1) is 7.61. The Morgan fingerprint density at radius 3 is 3.00 bits per heavy atom. The molecule has 2 rings (SSSR count). The van der Waals surface area contributed by atoms with Crippen molar-refractivity contribution in [3.63, 3.8) is 0 Å². The molecule has 4 nitrogen and oxygen atoms in total. The maximum atomic E-state index is 8.68. The Morgan fingerprint density at radius 1 is 1.67 bits per heavy atom. The molecule has 0 bridgehead atoms. The van der Waals surface area contributed by atoms with Crippen LogP contribution in [0, 0.1) is 0 Å². The number of oxazole rings is 1. The highest BCUT2D eigenvalue weighted by Gasteiger charge is 2.21. The van der Waals surface area contributed by atoms with Crippen LogP contribution in [0.15, 0.2) is 10.7 Å². The van der Waals surface area contributed by atoms with E-state index in [-0.39, 0.29) is 18.8 Å². The van der Waals surface area contributed by atoms with Gasteiger partial charge in [-0.2, -0.15) is 4.98 Å². The first-order valence-corrected chi connectivity index (χ1v) is 4.10. The molecule has 1 aromatic rings. The largest absolute Gasteiger partial charge is 0.447 e. The number of aromatic nitrogens is 1. The van der Waals surface area contributed by atoms with Gasteiger partial charge in [0.25, 0.3) is 0 Å². The zero-order valence-corrected chi connectivity index (χ0v) is 6.69. The van der Waals surface area contributed by atoms with E-state index < -0.39 is 0 Å². The summed E-state index contributed by atoms with van der Waals surface area (Å²) in [4.78, 5) is 3.91. The first-order valence-electron chi connectivity index (χ1n) is 4.10. The van der Waals surface area contributed by atoms with Gasteiger partial charge in [0.2, 0.25) is 0 Å². The normalized spacial score (nSPS) is 17.4. The Labute approximate surface area is 70.2 Å². The molecule has 0 aliphatic heterocycles. The number of hydrogen-bond donors (Lipinski definition) is 1. The molecule has 1 N–H and O–H groups in total. The summed E-state index contributed by atoms with van der Waals surface area (Å²) >= 11 is 0. The fraction of sp³-hybridized carbons (Fsp3) is 0.625. The number of aliphatic hydroxyl groups is 1. The van der Waals surface area contributed by atoms with Gasteiger partial charge in [0.05, 0.1) is 6.61 Å². The van der Waals surface area contributed by atoms with E-state index in [4.69, 9.17) is 14.3 Å². The molecule has 0 atom stereocenters. The number of nitrogens with zero attached hydrogens (tertiary/aromatic N) is 1. The van der Waals surface area contributed by atoms with Crippen LogP contribution in [0.25, 0.3) is 0 Å². The Kier molecular flexibility index (Phi) is 1.99. The molecule has 1 aliphatic rings. The van der Waals surface area contributed by atoms with Crippen LogP contribution < -0.4 is 4.74 Å². The summed E-state index contributed by atoms with van der Waals surface area (Å²) in [6.45, 7) is -0.0997. The zero-order chi connectivity index (χ0) is 8.39. The van der Waals surface area contributed by atoms with E-state index >= 15 is 0 Å². The van der Waals surface area contributed by atoms with Crippen LogP contribution in [0.3, 0.4) is 0 Å². The molecule has 4 heteroatoms. The Morgan fingerprint density at radius 2 is 2.50 bits per heavy atom. The van der Waals surface area contributed by atoms with Gasteiger partial charge < -0.3 is 14.3 Å². The monoisotopic (exact) mass is 169 g/mol. The van der Waals surface area contributed by atoms with E-state index in [0.717, 1.165) is 12.8 Å². The lowest BCUT2D eigenvalue weighted by atomic mass is 9.96. The summed E-state index contributed by atoms with van der Waals surface area (Å²) in [5, 5.41) is 8.68. The third-order valence-corrected chi connectivity index (χ3v) is 2.01. The number of ether oxygens (including phenoxy) is 1. The molecule has 66 valence electrons. The lowest BCUT2D eigenvalue weighted by Gasteiger charge is -2.23. The molecule has 1 aromatic heterocycles. The van der Waals surface area contributed by atoms with E-state index in [1.807, 2.05) is 0 Å².